The Morgan fingerprint density at radius 2 is 2.10 bits per heavy atom. The van der Waals surface area contributed by atoms with Crippen molar-refractivity contribution in [2.75, 3.05) is 5.73 Å². The Morgan fingerprint density at radius 1 is 1.35 bits per heavy atom. The molecular weight excluding hydrogens is 345 g/mol. The first-order valence-corrected chi connectivity index (χ1v) is 7.47. The minimum Gasteiger partial charge on any atom is -0.383 e. The van der Waals surface area contributed by atoms with Crippen LogP contribution in [0.4, 0.5) is 10.2 Å². The first-order valence-electron chi connectivity index (χ1n) is 6.30. The Morgan fingerprint density at radius 3 is 2.75 bits per heavy atom. The fourth-order valence-electron chi connectivity index (χ4n) is 2.07. The molecule has 6 heteroatoms. The lowest BCUT2D eigenvalue weighted by Crippen LogP contribution is -2.06. The lowest BCUT2D eigenvalue weighted by molar-refractivity contribution is 0.627. The van der Waals surface area contributed by atoms with Crippen molar-refractivity contribution >= 4 is 33.3 Å². The second kappa shape index (κ2) is 5.30. The van der Waals surface area contributed by atoms with Crippen molar-refractivity contribution in [3.63, 3.8) is 0 Å². The second-order valence-corrected chi connectivity index (χ2v) is 6.11. The van der Waals surface area contributed by atoms with Crippen LogP contribution < -0.4 is 5.73 Å². The van der Waals surface area contributed by atoms with E-state index in [1.165, 1.54) is 12.1 Å². The fourth-order valence-corrected chi connectivity index (χ4v) is 2.81. The van der Waals surface area contributed by atoms with E-state index in [1.54, 1.807) is 6.07 Å². The van der Waals surface area contributed by atoms with Gasteiger partial charge in [-0.15, -0.1) is 0 Å². The number of hydrogen-bond donors (Lipinski definition) is 1. The predicted molar refractivity (Wildman–Crippen MR) is 80.3 cm³/mol. The molecule has 0 unspecified atom stereocenters. The number of rotatable bonds is 3. The van der Waals surface area contributed by atoms with Gasteiger partial charge in [0.15, 0.2) is 0 Å². The largest absolute Gasteiger partial charge is 0.383 e. The topological polar surface area (TPSA) is 51.8 Å². The van der Waals surface area contributed by atoms with Crippen LogP contribution in [0.3, 0.4) is 0 Å². The molecule has 3 nitrogen and oxygen atoms in total. The first kappa shape index (κ1) is 13.8. The smallest absolute Gasteiger partial charge is 0.141 e. The third-order valence-corrected chi connectivity index (χ3v) is 4.44. The SMILES string of the molecule is Nc1nc(Cc2ccc(F)cc2Cl)nc(C2CC2)c1Br. The van der Waals surface area contributed by atoms with Crippen LogP contribution in [-0.4, -0.2) is 9.97 Å². The number of anilines is 1. The highest BCUT2D eigenvalue weighted by Crippen LogP contribution is 2.43. The van der Waals surface area contributed by atoms with Gasteiger partial charge in [0, 0.05) is 17.4 Å². The molecule has 2 N–H and O–H groups in total. The van der Waals surface area contributed by atoms with Crippen molar-refractivity contribution < 1.29 is 4.39 Å². The number of hydrogen-bond acceptors (Lipinski definition) is 3. The Hall–Kier alpha value is -1.20. The number of nitrogen functional groups attached to an aromatic ring is 1. The minimum absolute atomic E-state index is 0.353. The van der Waals surface area contributed by atoms with E-state index in [1.807, 2.05) is 0 Å². The van der Waals surface area contributed by atoms with Crippen molar-refractivity contribution in [3.05, 3.63) is 50.6 Å². The Kier molecular flexibility index (Phi) is 3.65. The molecule has 1 aromatic carbocycles. The van der Waals surface area contributed by atoms with E-state index < -0.39 is 0 Å². The van der Waals surface area contributed by atoms with Crippen LogP contribution in [0.2, 0.25) is 5.02 Å². The van der Waals surface area contributed by atoms with Gasteiger partial charge in [-0.3, -0.25) is 0 Å². The molecule has 0 amide bonds. The molecule has 1 aliphatic carbocycles. The number of aromatic nitrogens is 2. The zero-order valence-electron chi connectivity index (χ0n) is 10.5. The van der Waals surface area contributed by atoms with Crippen LogP contribution >= 0.6 is 27.5 Å². The maximum absolute atomic E-state index is 13.0. The number of nitrogens with two attached hydrogens (primary N) is 1. The van der Waals surface area contributed by atoms with Gasteiger partial charge in [0.25, 0.3) is 0 Å². The molecule has 0 radical (unpaired) electrons. The van der Waals surface area contributed by atoms with E-state index in [9.17, 15) is 4.39 Å². The maximum Gasteiger partial charge on any atom is 0.141 e. The summed E-state index contributed by atoms with van der Waals surface area (Å²) in [4.78, 5) is 8.83. The van der Waals surface area contributed by atoms with Crippen molar-refractivity contribution in [1.29, 1.82) is 0 Å². The van der Waals surface area contributed by atoms with E-state index in [0.717, 1.165) is 28.6 Å². The van der Waals surface area contributed by atoms with Crippen molar-refractivity contribution in [1.82, 2.24) is 9.97 Å². The summed E-state index contributed by atoms with van der Waals surface area (Å²) in [7, 11) is 0. The van der Waals surface area contributed by atoms with Gasteiger partial charge < -0.3 is 5.73 Å². The van der Waals surface area contributed by atoms with Gasteiger partial charge in [-0.1, -0.05) is 17.7 Å². The van der Waals surface area contributed by atoms with E-state index in [4.69, 9.17) is 17.3 Å². The highest BCUT2D eigenvalue weighted by Gasteiger charge is 2.29. The van der Waals surface area contributed by atoms with Gasteiger partial charge in [0.05, 0.1) is 10.2 Å². The van der Waals surface area contributed by atoms with Crippen molar-refractivity contribution in [2.45, 2.75) is 25.2 Å². The highest BCUT2D eigenvalue weighted by atomic mass is 79.9. The van der Waals surface area contributed by atoms with E-state index >= 15 is 0 Å². The zero-order valence-corrected chi connectivity index (χ0v) is 12.9. The number of nitrogens with zero attached hydrogens (tertiary/aromatic N) is 2. The lowest BCUT2D eigenvalue weighted by atomic mass is 10.1. The molecule has 3 rings (SSSR count). The molecule has 0 spiro atoms. The Balaban J connectivity index is 1.94. The summed E-state index contributed by atoms with van der Waals surface area (Å²) in [6.45, 7) is 0. The summed E-state index contributed by atoms with van der Waals surface area (Å²) in [5.74, 6) is 1.17. The first-order chi connectivity index (χ1) is 9.54. The quantitative estimate of drug-likeness (QED) is 0.901. The second-order valence-electron chi connectivity index (χ2n) is 4.91. The van der Waals surface area contributed by atoms with Gasteiger partial charge in [-0.2, -0.15) is 0 Å². The highest BCUT2D eigenvalue weighted by molar-refractivity contribution is 9.10. The molecule has 20 heavy (non-hydrogen) atoms. The summed E-state index contributed by atoms with van der Waals surface area (Å²) < 4.78 is 13.8. The van der Waals surface area contributed by atoms with E-state index in [0.29, 0.717) is 29.0 Å². The van der Waals surface area contributed by atoms with Gasteiger partial charge >= 0.3 is 0 Å². The molecule has 1 saturated carbocycles. The fraction of sp³-hybridized carbons (Fsp3) is 0.286. The summed E-state index contributed by atoms with van der Waals surface area (Å²) in [6.07, 6.45) is 2.70. The summed E-state index contributed by atoms with van der Waals surface area (Å²) in [6, 6.07) is 4.32. The zero-order chi connectivity index (χ0) is 14.3. The summed E-state index contributed by atoms with van der Waals surface area (Å²) in [5, 5.41) is 0.378. The third kappa shape index (κ3) is 2.79. The molecular formula is C14H12BrClFN3. The van der Waals surface area contributed by atoms with Crippen LogP contribution in [-0.2, 0) is 6.42 Å². The monoisotopic (exact) mass is 355 g/mol. The minimum atomic E-state index is -0.353. The third-order valence-electron chi connectivity index (χ3n) is 3.28. The molecule has 0 atom stereocenters. The predicted octanol–water partition coefficient (Wildman–Crippen LogP) is 4.08. The van der Waals surface area contributed by atoms with Crippen molar-refractivity contribution in [2.24, 2.45) is 0 Å². The van der Waals surface area contributed by atoms with E-state index in [2.05, 4.69) is 25.9 Å². The van der Waals surface area contributed by atoms with E-state index in [-0.39, 0.29) is 5.82 Å². The van der Waals surface area contributed by atoms with Gasteiger partial charge in [0.1, 0.15) is 17.5 Å². The Labute approximate surface area is 129 Å². The van der Waals surface area contributed by atoms with Crippen LogP contribution in [0.25, 0.3) is 0 Å². The van der Waals surface area contributed by atoms with Crippen LogP contribution in [0, 0.1) is 5.82 Å². The molecule has 2 aromatic rings. The molecule has 0 saturated heterocycles. The molecule has 0 aliphatic heterocycles. The number of halogens is 3. The van der Waals surface area contributed by atoms with Crippen LogP contribution in [0.15, 0.2) is 22.7 Å². The molecule has 1 heterocycles. The van der Waals surface area contributed by atoms with Crippen LogP contribution in [0.1, 0.15) is 35.8 Å². The standard InChI is InChI=1S/C14H12BrClFN3/c15-12-13(7-1-2-7)19-11(20-14(12)18)5-8-3-4-9(17)6-10(8)16/h3-4,6-7H,1-2,5H2,(H2,18,19,20). The van der Waals surface area contributed by atoms with Crippen LogP contribution in [0.5, 0.6) is 0 Å². The van der Waals surface area contributed by atoms with Crippen molar-refractivity contribution in [3.8, 4) is 0 Å². The van der Waals surface area contributed by atoms with Gasteiger partial charge in [-0.25, -0.2) is 14.4 Å². The molecule has 104 valence electrons. The Bertz CT molecular complexity index is 674. The maximum atomic E-state index is 13.0. The molecule has 1 aliphatic rings. The lowest BCUT2D eigenvalue weighted by Gasteiger charge is -2.09. The summed E-state index contributed by atoms with van der Waals surface area (Å²) >= 11 is 9.47. The molecule has 1 aromatic heterocycles. The van der Waals surface area contributed by atoms with Gasteiger partial charge in [0.2, 0.25) is 0 Å². The van der Waals surface area contributed by atoms with Gasteiger partial charge in [-0.05, 0) is 46.5 Å². The normalized spacial score (nSPS) is 14.6. The summed E-state index contributed by atoms with van der Waals surface area (Å²) in [5.41, 5.74) is 7.66. The average molecular weight is 357 g/mol. The molecule has 0 bridgehead atoms. The number of benzene rings is 1. The molecule has 1 fully saturated rings. The average Bonchev–Trinajstić information content (AvgIpc) is 3.21.